The molecule has 2 rings (SSSR count). The van der Waals surface area contributed by atoms with Gasteiger partial charge in [0.1, 0.15) is 6.71 Å². The predicted molar refractivity (Wildman–Crippen MR) is 46.7 cm³/mol. The molecule has 0 nitrogen and oxygen atoms in total. The summed E-state index contributed by atoms with van der Waals surface area (Å²) >= 11 is 0. The van der Waals surface area contributed by atoms with Crippen LogP contribution in [0.15, 0.2) is 0 Å². The first-order valence-corrected chi connectivity index (χ1v) is 4.84. The van der Waals surface area contributed by atoms with Gasteiger partial charge in [0.2, 0.25) is 0 Å². The Bertz CT molecular complexity index is 122. The lowest BCUT2D eigenvalue weighted by molar-refractivity contribution is 0.513. The molecule has 0 aromatic rings. The maximum Gasteiger partial charge on any atom is 0.136 e. The fourth-order valence-electron chi connectivity index (χ4n) is 2.86. The molecule has 2 atom stereocenters. The highest BCUT2D eigenvalue weighted by Gasteiger charge is 2.30. The van der Waals surface area contributed by atoms with Crippen LogP contribution in [0.5, 0.6) is 0 Å². The second-order valence-electron chi connectivity index (χ2n) is 4.46. The lowest BCUT2D eigenvalue weighted by Gasteiger charge is -2.11. The fraction of sp³-hybridized carbons (Fsp3) is 1.00. The Balaban J connectivity index is 1.99. The third kappa shape index (κ3) is 1.23. The smallest absolute Gasteiger partial charge is 0.0861 e. The Morgan fingerprint density at radius 1 is 1.10 bits per heavy atom. The minimum atomic E-state index is 1.04. The van der Waals surface area contributed by atoms with E-state index in [-0.39, 0.29) is 0 Å². The highest BCUT2D eigenvalue weighted by molar-refractivity contribution is 6.57. The molecular weight excluding hydrogens is 119 g/mol. The summed E-state index contributed by atoms with van der Waals surface area (Å²) in [5.74, 6) is 2.26. The first-order valence-electron chi connectivity index (χ1n) is 4.84. The molecule has 10 heavy (non-hydrogen) atoms. The Hall–Kier alpha value is 0.0649. The zero-order valence-electron chi connectivity index (χ0n) is 6.97. The predicted octanol–water partition coefficient (Wildman–Crippen LogP) is 2.93. The summed E-state index contributed by atoms with van der Waals surface area (Å²) in [6.45, 7) is 3.47. The Morgan fingerprint density at radius 2 is 1.90 bits per heavy atom. The van der Waals surface area contributed by atoms with Crippen molar-refractivity contribution in [2.24, 2.45) is 11.8 Å². The molecule has 1 saturated heterocycles. The summed E-state index contributed by atoms with van der Waals surface area (Å²) in [6.07, 6.45) is 9.27. The molecular formula is C9H17B. The number of hydrogen-bond donors (Lipinski definition) is 0. The Labute approximate surface area is 64.5 Å². The van der Waals surface area contributed by atoms with Crippen LogP contribution in [-0.4, -0.2) is 6.71 Å². The first-order chi connectivity index (χ1) is 4.84. The molecule has 56 valence electrons. The average Bonchev–Trinajstić information content (AvgIpc) is 2.22. The van der Waals surface area contributed by atoms with E-state index in [2.05, 4.69) is 6.82 Å². The van der Waals surface area contributed by atoms with E-state index < -0.39 is 0 Å². The third-order valence-corrected chi connectivity index (χ3v) is 3.45. The van der Waals surface area contributed by atoms with E-state index in [1.54, 1.807) is 19.3 Å². The topological polar surface area (TPSA) is 0 Å². The molecule has 0 spiro atoms. The van der Waals surface area contributed by atoms with Gasteiger partial charge in [-0.05, 0) is 18.3 Å². The Kier molecular flexibility index (Phi) is 1.75. The number of hydrogen-bond acceptors (Lipinski definition) is 0. The quantitative estimate of drug-likeness (QED) is 0.449. The van der Waals surface area contributed by atoms with Gasteiger partial charge < -0.3 is 0 Å². The van der Waals surface area contributed by atoms with Crippen molar-refractivity contribution in [3.8, 4) is 0 Å². The number of rotatable bonds is 0. The summed E-state index contributed by atoms with van der Waals surface area (Å²) in [6, 6.07) is 0. The van der Waals surface area contributed by atoms with Crippen LogP contribution in [0, 0.1) is 11.8 Å². The van der Waals surface area contributed by atoms with Crippen molar-refractivity contribution in [1.29, 1.82) is 0 Å². The second-order valence-corrected chi connectivity index (χ2v) is 4.46. The molecule has 0 aromatic carbocycles. The molecule has 0 radical (unpaired) electrons. The van der Waals surface area contributed by atoms with E-state index in [0.717, 1.165) is 18.5 Å². The zero-order valence-corrected chi connectivity index (χ0v) is 6.97. The zero-order chi connectivity index (χ0) is 6.97. The molecule has 2 fully saturated rings. The molecule has 0 aromatic heterocycles. The maximum absolute atomic E-state index is 2.43. The molecule has 2 aliphatic rings. The highest BCUT2D eigenvalue weighted by atomic mass is 14.3. The number of fused-ring (bicyclic) bond motifs is 2. The Morgan fingerprint density at radius 3 is 2.80 bits per heavy atom. The lowest BCUT2D eigenvalue weighted by atomic mass is 9.45. The van der Waals surface area contributed by atoms with Crippen LogP contribution in [0.2, 0.25) is 19.5 Å². The van der Waals surface area contributed by atoms with Gasteiger partial charge in [-0.3, -0.25) is 0 Å². The third-order valence-electron chi connectivity index (χ3n) is 3.45. The summed E-state index contributed by atoms with van der Waals surface area (Å²) < 4.78 is 0. The van der Waals surface area contributed by atoms with Gasteiger partial charge in [-0.25, -0.2) is 0 Å². The second kappa shape index (κ2) is 2.60. The molecule has 1 aliphatic heterocycles. The van der Waals surface area contributed by atoms with Crippen LogP contribution in [-0.2, 0) is 0 Å². The molecule has 0 N–H and O–H groups in total. The molecule has 0 amide bonds. The van der Waals surface area contributed by atoms with E-state index in [1.807, 2.05) is 0 Å². The van der Waals surface area contributed by atoms with Crippen LogP contribution >= 0.6 is 0 Å². The van der Waals surface area contributed by atoms with E-state index >= 15 is 0 Å². The SMILES string of the molecule is CB1CCC2CCC(C1)C2. The van der Waals surface area contributed by atoms with Gasteiger partial charge >= 0.3 is 0 Å². The van der Waals surface area contributed by atoms with Crippen LogP contribution in [0.4, 0.5) is 0 Å². The monoisotopic (exact) mass is 136 g/mol. The lowest BCUT2D eigenvalue weighted by Crippen LogP contribution is -2.09. The van der Waals surface area contributed by atoms with Gasteiger partial charge in [-0.2, -0.15) is 0 Å². The molecule has 1 aliphatic carbocycles. The van der Waals surface area contributed by atoms with E-state index in [1.165, 1.54) is 19.1 Å². The normalized spacial score (nSPS) is 39.9. The molecule has 1 heterocycles. The fourth-order valence-corrected chi connectivity index (χ4v) is 2.86. The van der Waals surface area contributed by atoms with Crippen LogP contribution in [0.1, 0.15) is 25.7 Å². The van der Waals surface area contributed by atoms with Gasteiger partial charge in [0.05, 0.1) is 0 Å². The van der Waals surface area contributed by atoms with Crippen molar-refractivity contribution in [1.82, 2.24) is 0 Å². The van der Waals surface area contributed by atoms with Gasteiger partial charge in [0, 0.05) is 0 Å². The van der Waals surface area contributed by atoms with Crippen LogP contribution in [0.3, 0.4) is 0 Å². The molecule has 1 saturated carbocycles. The van der Waals surface area contributed by atoms with Crippen molar-refractivity contribution < 1.29 is 0 Å². The van der Waals surface area contributed by atoms with Crippen molar-refractivity contribution >= 4 is 6.71 Å². The van der Waals surface area contributed by atoms with Gasteiger partial charge in [0.25, 0.3) is 0 Å². The minimum absolute atomic E-state index is 1.04. The van der Waals surface area contributed by atoms with Crippen molar-refractivity contribution in [3.63, 3.8) is 0 Å². The average molecular weight is 136 g/mol. The van der Waals surface area contributed by atoms with Gasteiger partial charge in [-0.15, -0.1) is 0 Å². The van der Waals surface area contributed by atoms with Crippen molar-refractivity contribution in [3.05, 3.63) is 0 Å². The van der Waals surface area contributed by atoms with Crippen molar-refractivity contribution in [2.45, 2.75) is 45.1 Å². The molecule has 1 heteroatoms. The molecule has 2 bridgehead atoms. The van der Waals surface area contributed by atoms with E-state index in [9.17, 15) is 0 Å². The van der Waals surface area contributed by atoms with E-state index in [4.69, 9.17) is 0 Å². The summed E-state index contributed by atoms with van der Waals surface area (Å²) in [5.41, 5.74) is 0. The van der Waals surface area contributed by atoms with Crippen LogP contribution < -0.4 is 0 Å². The van der Waals surface area contributed by atoms with Gasteiger partial charge in [-0.1, -0.05) is 38.7 Å². The standard InChI is InChI=1S/C9H17B/c1-10-5-4-8-2-3-9(6-8)7-10/h8-9H,2-7H2,1H3. The summed E-state index contributed by atoms with van der Waals surface area (Å²) in [4.78, 5) is 0. The first kappa shape index (κ1) is 6.76. The largest absolute Gasteiger partial charge is 0.136 e. The van der Waals surface area contributed by atoms with Crippen LogP contribution in [0.25, 0.3) is 0 Å². The summed E-state index contributed by atoms with van der Waals surface area (Å²) in [7, 11) is 0. The summed E-state index contributed by atoms with van der Waals surface area (Å²) in [5, 5.41) is 0. The minimum Gasteiger partial charge on any atom is -0.0861 e. The highest BCUT2D eigenvalue weighted by Crippen LogP contribution is 2.40. The van der Waals surface area contributed by atoms with E-state index in [0.29, 0.717) is 0 Å². The molecule has 2 unspecified atom stereocenters. The van der Waals surface area contributed by atoms with Crippen molar-refractivity contribution in [2.75, 3.05) is 0 Å². The maximum atomic E-state index is 2.43. The van der Waals surface area contributed by atoms with Gasteiger partial charge in [0.15, 0.2) is 0 Å².